The highest BCUT2D eigenvalue weighted by Gasteiger charge is 2.30. The molecule has 0 saturated carbocycles. The average molecular weight is 413 g/mol. The van der Waals surface area contributed by atoms with Gasteiger partial charge in [-0.2, -0.15) is 0 Å². The first kappa shape index (κ1) is 22.2. The summed E-state index contributed by atoms with van der Waals surface area (Å²) in [5.41, 5.74) is 0.665. The van der Waals surface area contributed by atoms with Crippen LogP contribution < -0.4 is 20.4 Å². The van der Waals surface area contributed by atoms with Gasteiger partial charge in [0, 0.05) is 23.0 Å². The third kappa shape index (κ3) is 6.03. The molecule has 1 heterocycles. The summed E-state index contributed by atoms with van der Waals surface area (Å²) in [6, 6.07) is 14.0. The normalized spacial score (nSPS) is 20.9. The van der Waals surface area contributed by atoms with Gasteiger partial charge < -0.3 is 20.4 Å². The Balaban J connectivity index is 1.57. The topological polar surface area (TPSA) is 67.1 Å². The minimum atomic E-state index is -0.201. The molecule has 1 saturated heterocycles. The highest BCUT2D eigenvalue weighted by molar-refractivity contribution is 6.03. The van der Waals surface area contributed by atoms with Crippen LogP contribution in [0, 0.1) is 0 Å². The van der Waals surface area contributed by atoms with Gasteiger partial charge in [0.15, 0.2) is 12.6 Å². The smallest absolute Gasteiger partial charge is 0.282 e. The number of amides is 2. The summed E-state index contributed by atoms with van der Waals surface area (Å²) in [5.74, 6) is 0.151. The van der Waals surface area contributed by atoms with Crippen molar-refractivity contribution in [1.29, 1.82) is 0 Å². The van der Waals surface area contributed by atoms with Crippen molar-refractivity contribution in [1.82, 2.24) is 5.32 Å². The standard InChI is InChI=1S/C24H34N4O2/c1-18(23(30)25-21-12-7-10-19-9-5-6-11-20(19)21)28-14-8-13-27(15-16-28)17-22(29)26-24(2,3)4/h5-7,9-12,18H,8,13-17H2,1-4H3,(H,25,30)(H,26,29)/p+2/t18-/m0/s1. The van der Waals surface area contributed by atoms with Gasteiger partial charge in [-0.25, -0.2) is 0 Å². The Bertz CT molecular complexity index is 885. The average Bonchev–Trinajstić information content (AvgIpc) is 2.91. The van der Waals surface area contributed by atoms with Gasteiger partial charge in [0.2, 0.25) is 0 Å². The molecule has 0 aromatic heterocycles. The van der Waals surface area contributed by atoms with Crippen LogP contribution in [0.3, 0.4) is 0 Å². The minimum Gasteiger partial charge on any atom is -0.347 e. The minimum absolute atomic E-state index is 0.0512. The molecule has 1 aliphatic heterocycles. The molecule has 1 fully saturated rings. The summed E-state index contributed by atoms with van der Waals surface area (Å²) in [4.78, 5) is 27.8. The third-order valence-corrected chi connectivity index (χ3v) is 5.81. The van der Waals surface area contributed by atoms with Crippen molar-refractivity contribution in [3.8, 4) is 0 Å². The van der Waals surface area contributed by atoms with Crippen LogP contribution >= 0.6 is 0 Å². The number of carbonyl (C=O) groups is 2. The van der Waals surface area contributed by atoms with Gasteiger partial charge in [-0.05, 0) is 39.1 Å². The second-order valence-corrected chi connectivity index (χ2v) is 9.47. The first-order valence-corrected chi connectivity index (χ1v) is 11.0. The Kier molecular flexibility index (Phi) is 7.10. The number of rotatable bonds is 5. The van der Waals surface area contributed by atoms with Crippen LogP contribution in [0.15, 0.2) is 42.5 Å². The molecule has 30 heavy (non-hydrogen) atoms. The van der Waals surface area contributed by atoms with E-state index >= 15 is 0 Å². The van der Waals surface area contributed by atoms with Gasteiger partial charge in [-0.1, -0.05) is 36.4 Å². The van der Waals surface area contributed by atoms with E-state index in [0.717, 1.165) is 49.1 Å². The summed E-state index contributed by atoms with van der Waals surface area (Å²) >= 11 is 0. The first-order chi connectivity index (χ1) is 14.2. The number of anilines is 1. The fraction of sp³-hybridized carbons (Fsp3) is 0.500. The zero-order chi connectivity index (χ0) is 21.7. The van der Waals surface area contributed by atoms with Crippen molar-refractivity contribution in [2.45, 2.75) is 45.7 Å². The molecular weight excluding hydrogens is 376 g/mol. The molecule has 2 unspecified atom stereocenters. The van der Waals surface area contributed by atoms with Crippen LogP contribution in [0.1, 0.15) is 34.1 Å². The molecule has 0 aliphatic carbocycles. The fourth-order valence-corrected chi connectivity index (χ4v) is 4.21. The lowest BCUT2D eigenvalue weighted by molar-refractivity contribution is -0.942. The van der Waals surface area contributed by atoms with E-state index in [-0.39, 0.29) is 23.4 Å². The fourth-order valence-electron chi connectivity index (χ4n) is 4.21. The summed E-state index contributed by atoms with van der Waals surface area (Å²) in [6.45, 7) is 12.2. The van der Waals surface area contributed by atoms with Crippen molar-refractivity contribution >= 4 is 28.3 Å². The van der Waals surface area contributed by atoms with E-state index < -0.39 is 0 Å². The quantitative estimate of drug-likeness (QED) is 0.569. The number of benzene rings is 2. The van der Waals surface area contributed by atoms with Crippen LogP contribution in [0.4, 0.5) is 5.69 Å². The van der Waals surface area contributed by atoms with Gasteiger partial charge in [0.05, 0.1) is 13.1 Å². The second-order valence-electron chi connectivity index (χ2n) is 9.47. The number of fused-ring (bicyclic) bond motifs is 1. The molecule has 2 amide bonds. The van der Waals surface area contributed by atoms with Gasteiger partial charge in [0.1, 0.15) is 13.1 Å². The van der Waals surface area contributed by atoms with Crippen LogP contribution in [-0.2, 0) is 9.59 Å². The summed E-state index contributed by atoms with van der Waals surface area (Å²) in [7, 11) is 0. The van der Waals surface area contributed by atoms with Crippen molar-refractivity contribution in [2.75, 3.05) is 38.0 Å². The Labute approximate surface area is 179 Å². The first-order valence-electron chi connectivity index (χ1n) is 11.0. The van der Waals surface area contributed by atoms with Gasteiger partial charge in [0.25, 0.3) is 11.8 Å². The molecule has 6 nitrogen and oxygen atoms in total. The number of carbonyl (C=O) groups excluding carboxylic acids is 2. The zero-order valence-electron chi connectivity index (χ0n) is 18.7. The van der Waals surface area contributed by atoms with Crippen LogP contribution in [-0.4, -0.2) is 56.1 Å². The molecule has 1 aliphatic rings. The maximum absolute atomic E-state index is 13.0. The molecule has 162 valence electrons. The Morgan fingerprint density at radius 3 is 2.50 bits per heavy atom. The lowest BCUT2D eigenvalue weighted by Crippen LogP contribution is -3.20. The summed E-state index contributed by atoms with van der Waals surface area (Å²) in [6.07, 6.45) is 1.01. The van der Waals surface area contributed by atoms with E-state index in [4.69, 9.17) is 0 Å². The van der Waals surface area contributed by atoms with Gasteiger partial charge >= 0.3 is 0 Å². The van der Waals surface area contributed by atoms with Crippen LogP contribution in [0.25, 0.3) is 10.8 Å². The van der Waals surface area contributed by atoms with Crippen molar-refractivity contribution in [3.63, 3.8) is 0 Å². The monoisotopic (exact) mass is 412 g/mol. The molecule has 3 rings (SSSR count). The third-order valence-electron chi connectivity index (χ3n) is 5.81. The maximum atomic E-state index is 13.0. The lowest BCUT2D eigenvalue weighted by atomic mass is 10.1. The molecule has 2 aromatic carbocycles. The molecule has 4 N–H and O–H groups in total. The SMILES string of the molecule is C[C@@H](C(=O)Nc1cccc2ccccc12)[NH+]1CCC[NH+](CC(=O)NC(C)(C)C)CC1. The van der Waals surface area contributed by atoms with Crippen LogP contribution in [0.2, 0.25) is 0 Å². The predicted molar refractivity (Wildman–Crippen MR) is 121 cm³/mol. The zero-order valence-corrected chi connectivity index (χ0v) is 18.7. The maximum Gasteiger partial charge on any atom is 0.282 e. The van der Waals surface area contributed by atoms with E-state index in [9.17, 15) is 9.59 Å². The molecule has 0 bridgehead atoms. The number of hydrogen-bond donors (Lipinski definition) is 4. The second kappa shape index (κ2) is 9.58. The Hall–Kier alpha value is -2.44. The highest BCUT2D eigenvalue weighted by Crippen LogP contribution is 2.22. The van der Waals surface area contributed by atoms with Crippen molar-refractivity contribution in [3.05, 3.63) is 42.5 Å². The number of nitrogens with one attached hydrogen (secondary N) is 4. The molecule has 6 heteroatoms. The Morgan fingerprint density at radius 1 is 1.00 bits per heavy atom. The largest absolute Gasteiger partial charge is 0.347 e. The summed E-state index contributed by atoms with van der Waals surface area (Å²) in [5, 5.41) is 8.38. The molecular formula is C24H36N4O2+2. The number of hydrogen-bond acceptors (Lipinski definition) is 2. The van der Waals surface area contributed by atoms with E-state index in [1.165, 1.54) is 9.80 Å². The van der Waals surface area contributed by atoms with Crippen molar-refractivity contribution < 1.29 is 19.4 Å². The lowest BCUT2D eigenvalue weighted by Gasteiger charge is -2.24. The van der Waals surface area contributed by atoms with E-state index in [0.29, 0.717) is 6.54 Å². The Morgan fingerprint density at radius 2 is 1.73 bits per heavy atom. The molecule has 2 aromatic rings. The van der Waals surface area contributed by atoms with Crippen molar-refractivity contribution in [2.24, 2.45) is 0 Å². The summed E-state index contributed by atoms with van der Waals surface area (Å²) < 4.78 is 0. The number of quaternary nitrogens is 2. The van der Waals surface area contributed by atoms with Gasteiger partial charge in [-0.15, -0.1) is 0 Å². The molecule has 0 radical (unpaired) electrons. The molecule has 0 spiro atoms. The highest BCUT2D eigenvalue weighted by atomic mass is 16.2. The van der Waals surface area contributed by atoms with Crippen LogP contribution in [0.5, 0.6) is 0 Å². The van der Waals surface area contributed by atoms with Gasteiger partial charge in [-0.3, -0.25) is 9.59 Å². The van der Waals surface area contributed by atoms with E-state index in [1.54, 1.807) is 0 Å². The predicted octanol–water partition coefficient (Wildman–Crippen LogP) is 0.255. The van der Waals surface area contributed by atoms with E-state index in [2.05, 4.69) is 22.8 Å². The molecule has 3 atom stereocenters. The van der Waals surface area contributed by atoms with E-state index in [1.807, 2.05) is 58.0 Å².